The van der Waals surface area contributed by atoms with Gasteiger partial charge in [-0.3, -0.25) is 4.79 Å². The van der Waals surface area contributed by atoms with Crippen molar-refractivity contribution in [1.29, 1.82) is 0 Å². The molecule has 0 fully saturated rings. The molecule has 0 aliphatic carbocycles. The van der Waals surface area contributed by atoms with Crippen molar-refractivity contribution in [2.75, 3.05) is 26.3 Å². The average molecular weight is 308 g/mol. The zero-order chi connectivity index (χ0) is 15.7. The molecule has 116 valence electrons. The van der Waals surface area contributed by atoms with Crippen LogP contribution in [-0.2, 0) is 4.74 Å². The Morgan fingerprint density at radius 3 is 2.90 bits per heavy atom. The minimum absolute atomic E-state index is 0.0728. The van der Waals surface area contributed by atoms with Gasteiger partial charge in [-0.25, -0.2) is 0 Å². The van der Waals surface area contributed by atoms with Crippen LogP contribution in [0.15, 0.2) is 6.07 Å². The first kappa shape index (κ1) is 17.7. The highest BCUT2D eigenvalue weighted by molar-refractivity contribution is 7.14. The van der Waals surface area contributed by atoms with Gasteiger partial charge >= 0.3 is 0 Å². The van der Waals surface area contributed by atoms with Gasteiger partial charge in [0, 0.05) is 13.2 Å². The zero-order valence-electron chi connectivity index (χ0n) is 13.0. The number of aryl methyl sites for hydroxylation is 1. The molecule has 1 aromatic heterocycles. The van der Waals surface area contributed by atoms with E-state index in [1.165, 1.54) is 11.3 Å². The van der Waals surface area contributed by atoms with Gasteiger partial charge < -0.3 is 15.8 Å². The lowest BCUT2D eigenvalue weighted by Crippen LogP contribution is -2.26. The zero-order valence-corrected chi connectivity index (χ0v) is 13.8. The van der Waals surface area contributed by atoms with Gasteiger partial charge in [0.1, 0.15) is 0 Å². The Bertz CT molecular complexity index is 512. The van der Waals surface area contributed by atoms with Crippen molar-refractivity contribution in [3.8, 4) is 11.8 Å². The average Bonchev–Trinajstić information content (AvgIpc) is 2.81. The van der Waals surface area contributed by atoms with E-state index in [4.69, 9.17) is 10.5 Å². The predicted molar refractivity (Wildman–Crippen MR) is 87.6 cm³/mol. The number of ether oxygens (including phenoxy) is 1. The maximum atomic E-state index is 12.0. The van der Waals surface area contributed by atoms with Crippen molar-refractivity contribution in [1.82, 2.24) is 5.32 Å². The number of carbonyl (C=O) groups excluding carboxylic acids is 1. The lowest BCUT2D eigenvalue weighted by Gasteiger charge is -2.07. The number of rotatable bonds is 7. The maximum absolute atomic E-state index is 12.0. The molecular weight excluding hydrogens is 284 g/mol. The number of amides is 1. The summed E-state index contributed by atoms with van der Waals surface area (Å²) in [6, 6.07) is 1.86. The van der Waals surface area contributed by atoms with Crippen LogP contribution < -0.4 is 11.1 Å². The molecule has 0 aliphatic heterocycles. The van der Waals surface area contributed by atoms with Crippen molar-refractivity contribution < 1.29 is 9.53 Å². The maximum Gasteiger partial charge on any atom is 0.261 e. The number of carbonyl (C=O) groups is 1. The molecule has 0 unspecified atom stereocenters. The second kappa shape index (κ2) is 9.56. The molecule has 0 aromatic carbocycles. The third-order valence-electron chi connectivity index (χ3n) is 2.82. The van der Waals surface area contributed by atoms with Crippen LogP contribution in [0.25, 0.3) is 0 Å². The number of nitrogens with one attached hydrogen (secondary N) is 1. The Morgan fingerprint density at radius 2 is 2.24 bits per heavy atom. The molecule has 4 nitrogen and oxygen atoms in total. The van der Waals surface area contributed by atoms with E-state index in [-0.39, 0.29) is 5.91 Å². The van der Waals surface area contributed by atoms with Crippen LogP contribution in [0.3, 0.4) is 0 Å². The summed E-state index contributed by atoms with van der Waals surface area (Å²) < 4.78 is 5.47. The lowest BCUT2D eigenvalue weighted by molar-refractivity contribution is 0.0909. The molecular formula is C16H24N2O2S. The van der Waals surface area contributed by atoms with Crippen LogP contribution in [-0.4, -0.2) is 32.2 Å². The van der Waals surface area contributed by atoms with E-state index in [9.17, 15) is 4.79 Å². The Hall–Kier alpha value is -1.35. The number of hydrogen-bond acceptors (Lipinski definition) is 4. The summed E-state index contributed by atoms with van der Waals surface area (Å²) in [5.74, 6) is 6.36. The summed E-state index contributed by atoms with van der Waals surface area (Å²) in [6.07, 6.45) is 1.04. The standard InChI is InChI=1S/C16H24N2O2S/c1-12(2)6-9-20-10-8-18-16(19)15-11-13(3)14(21-15)5-4-7-17/h11-12H,6-10,17H2,1-3H3,(H,18,19). The summed E-state index contributed by atoms with van der Waals surface area (Å²) in [5.41, 5.74) is 6.37. The molecule has 0 aliphatic rings. The van der Waals surface area contributed by atoms with Crippen LogP contribution in [0, 0.1) is 24.7 Å². The van der Waals surface area contributed by atoms with Gasteiger partial charge in [-0.1, -0.05) is 25.7 Å². The van der Waals surface area contributed by atoms with Gasteiger partial charge in [-0.2, -0.15) is 0 Å². The highest BCUT2D eigenvalue weighted by atomic mass is 32.1. The van der Waals surface area contributed by atoms with Crippen molar-refractivity contribution in [2.45, 2.75) is 27.2 Å². The molecule has 21 heavy (non-hydrogen) atoms. The first-order valence-electron chi connectivity index (χ1n) is 7.20. The predicted octanol–water partition coefficient (Wildman–Crippen LogP) is 2.16. The van der Waals surface area contributed by atoms with Crippen LogP contribution in [0.2, 0.25) is 0 Å². The van der Waals surface area contributed by atoms with Gasteiger partial charge in [0.15, 0.2) is 0 Å². The number of thiophene rings is 1. The second-order valence-electron chi connectivity index (χ2n) is 5.18. The first-order chi connectivity index (χ1) is 10.0. The summed E-state index contributed by atoms with van der Waals surface area (Å²) in [4.78, 5) is 13.6. The third-order valence-corrected chi connectivity index (χ3v) is 3.97. The largest absolute Gasteiger partial charge is 0.380 e. The van der Waals surface area contributed by atoms with Crippen molar-refractivity contribution in [3.05, 3.63) is 21.4 Å². The summed E-state index contributed by atoms with van der Waals surface area (Å²) in [7, 11) is 0. The molecule has 0 radical (unpaired) electrons. The quantitative estimate of drug-likeness (QED) is 0.599. The van der Waals surface area contributed by atoms with E-state index >= 15 is 0 Å². The molecule has 1 rings (SSSR count). The van der Waals surface area contributed by atoms with Gasteiger partial charge in [-0.15, -0.1) is 11.3 Å². The molecule has 1 amide bonds. The van der Waals surface area contributed by atoms with Crippen molar-refractivity contribution in [3.63, 3.8) is 0 Å². The minimum Gasteiger partial charge on any atom is -0.380 e. The van der Waals surface area contributed by atoms with Crippen molar-refractivity contribution in [2.24, 2.45) is 11.7 Å². The Morgan fingerprint density at radius 1 is 1.48 bits per heavy atom. The van der Waals surface area contributed by atoms with E-state index in [2.05, 4.69) is 31.0 Å². The van der Waals surface area contributed by atoms with Gasteiger partial charge in [0.2, 0.25) is 0 Å². The van der Waals surface area contributed by atoms with Crippen LogP contribution >= 0.6 is 11.3 Å². The van der Waals surface area contributed by atoms with E-state index in [0.717, 1.165) is 23.5 Å². The Labute approximate surface area is 131 Å². The second-order valence-corrected chi connectivity index (χ2v) is 6.23. The lowest BCUT2D eigenvalue weighted by atomic mass is 10.1. The smallest absolute Gasteiger partial charge is 0.261 e. The van der Waals surface area contributed by atoms with Crippen molar-refractivity contribution >= 4 is 17.2 Å². The fraction of sp³-hybridized carbons (Fsp3) is 0.562. The van der Waals surface area contributed by atoms with Crippen LogP contribution in [0.4, 0.5) is 0 Å². The third kappa shape index (κ3) is 6.76. The number of nitrogens with two attached hydrogens (primary N) is 1. The topological polar surface area (TPSA) is 64.3 Å². The monoisotopic (exact) mass is 308 g/mol. The molecule has 0 atom stereocenters. The number of hydrogen-bond donors (Lipinski definition) is 2. The molecule has 1 aromatic rings. The van der Waals surface area contributed by atoms with Gasteiger partial charge in [0.25, 0.3) is 5.91 Å². The summed E-state index contributed by atoms with van der Waals surface area (Å²) in [5, 5.41) is 2.86. The van der Waals surface area contributed by atoms with E-state index in [1.807, 2.05) is 13.0 Å². The molecule has 1 heterocycles. The fourth-order valence-corrected chi connectivity index (χ4v) is 2.56. The minimum atomic E-state index is -0.0728. The molecule has 3 N–H and O–H groups in total. The fourth-order valence-electron chi connectivity index (χ4n) is 1.59. The summed E-state index contributed by atoms with van der Waals surface area (Å²) in [6.45, 7) is 8.41. The summed E-state index contributed by atoms with van der Waals surface area (Å²) >= 11 is 1.40. The molecule has 0 spiro atoms. The van der Waals surface area contributed by atoms with Gasteiger partial charge in [0.05, 0.1) is 22.9 Å². The first-order valence-corrected chi connectivity index (χ1v) is 8.01. The van der Waals surface area contributed by atoms with E-state index in [1.54, 1.807) is 0 Å². The molecule has 0 saturated heterocycles. The van der Waals surface area contributed by atoms with Gasteiger partial charge in [-0.05, 0) is 30.9 Å². The molecule has 5 heteroatoms. The normalized spacial score (nSPS) is 10.3. The Kier molecular flexibility index (Phi) is 8.06. The molecule has 0 saturated carbocycles. The SMILES string of the molecule is Cc1cc(C(=O)NCCOCCC(C)C)sc1C#CCN. The molecule has 0 bridgehead atoms. The van der Waals surface area contributed by atoms with Crippen LogP contribution in [0.5, 0.6) is 0 Å². The Balaban J connectivity index is 2.35. The van der Waals surface area contributed by atoms with Crippen LogP contribution in [0.1, 0.15) is 40.4 Å². The highest BCUT2D eigenvalue weighted by Crippen LogP contribution is 2.20. The van der Waals surface area contributed by atoms with E-state index < -0.39 is 0 Å². The highest BCUT2D eigenvalue weighted by Gasteiger charge is 2.10. The van der Waals surface area contributed by atoms with E-state index in [0.29, 0.717) is 30.5 Å².